The lowest BCUT2D eigenvalue weighted by molar-refractivity contribution is -0.137. The zero-order chi connectivity index (χ0) is 18.0. The van der Waals surface area contributed by atoms with Gasteiger partial charge in [-0.25, -0.2) is 0 Å². The summed E-state index contributed by atoms with van der Waals surface area (Å²) in [5.41, 5.74) is 0.585. The van der Waals surface area contributed by atoms with Crippen LogP contribution in [-0.2, 0) is 11.3 Å². The molecule has 1 spiro atoms. The molecule has 1 aromatic carbocycles. The molecule has 1 aliphatic carbocycles. The summed E-state index contributed by atoms with van der Waals surface area (Å²) in [6.07, 6.45) is 4.04. The topological polar surface area (TPSA) is 50.8 Å². The monoisotopic (exact) mass is 366 g/mol. The Balaban J connectivity index is 1.95. The van der Waals surface area contributed by atoms with Gasteiger partial charge in [-0.2, -0.15) is 0 Å². The second-order valence-corrected chi connectivity index (χ2v) is 7.62. The number of carbonyl (C=O) groups excluding carboxylic acids is 1. The van der Waals surface area contributed by atoms with E-state index in [4.69, 9.17) is 21.1 Å². The van der Waals surface area contributed by atoms with E-state index in [0.29, 0.717) is 23.9 Å². The van der Waals surface area contributed by atoms with E-state index in [-0.39, 0.29) is 17.6 Å². The zero-order valence-corrected chi connectivity index (χ0v) is 16.0. The van der Waals surface area contributed by atoms with Crippen molar-refractivity contribution in [3.05, 3.63) is 22.7 Å². The van der Waals surface area contributed by atoms with Gasteiger partial charge in [0.15, 0.2) is 11.5 Å². The molecule has 0 radical (unpaired) electrons. The first-order chi connectivity index (χ1) is 12.0. The highest BCUT2D eigenvalue weighted by molar-refractivity contribution is 6.30. The van der Waals surface area contributed by atoms with Crippen molar-refractivity contribution < 1.29 is 14.3 Å². The molecule has 25 heavy (non-hydrogen) atoms. The average Bonchev–Trinajstić information content (AvgIpc) is 3.04. The molecule has 1 N–H and O–H groups in total. The standard InChI is InChI=1S/C19H27ClN2O3/c1-13(2)25-17-14(10-15(20)11-16(17)24-3)12-22-9-8-21-18(23)19(22)6-4-5-7-19/h10-11,13H,4-9,12H2,1-3H3,(H,21,23). The fourth-order valence-electron chi connectivity index (χ4n) is 4.03. The smallest absolute Gasteiger partial charge is 0.240 e. The highest BCUT2D eigenvalue weighted by Gasteiger charge is 2.48. The molecular formula is C19H27ClN2O3. The molecule has 1 aromatic rings. The number of nitrogens with zero attached hydrogens (tertiary/aromatic N) is 1. The Kier molecular flexibility index (Phi) is 5.44. The molecule has 138 valence electrons. The molecule has 1 saturated heterocycles. The number of nitrogens with one attached hydrogen (secondary N) is 1. The van der Waals surface area contributed by atoms with Gasteiger partial charge in [0.2, 0.25) is 5.91 Å². The minimum absolute atomic E-state index is 0.0268. The minimum Gasteiger partial charge on any atom is -0.493 e. The van der Waals surface area contributed by atoms with E-state index in [1.807, 2.05) is 19.9 Å². The Bertz CT molecular complexity index is 642. The van der Waals surface area contributed by atoms with Crippen LogP contribution in [0.2, 0.25) is 5.02 Å². The summed E-state index contributed by atoms with van der Waals surface area (Å²) in [6, 6.07) is 3.70. The molecule has 1 heterocycles. The first-order valence-corrected chi connectivity index (χ1v) is 9.40. The number of hydrogen-bond acceptors (Lipinski definition) is 4. The largest absolute Gasteiger partial charge is 0.493 e. The van der Waals surface area contributed by atoms with Gasteiger partial charge in [-0.3, -0.25) is 9.69 Å². The van der Waals surface area contributed by atoms with Gasteiger partial charge in [-0.15, -0.1) is 0 Å². The maximum Gasteiger partial charge on any atom is 0.240 e. The molecule has 1 saturated carbocycles. The quantitative estimate of drug-likeness (QED) is 0.867. The number of ether oxygens (including phenoxy) is 2. The van der Waals surface area contributed by atoms with Crippen LogP contribution in [0.3, 0.4) is 0 Å². The lowest BCUT2D eigenvalue weighted by Crippen LogP contribution is -2.63. The molecule has 0 unspecified atom stereocenters. The van der Waals surface area contributed by atoms with E-state index in [1.165, 1.54) is 0 Å². The van der Waals surface area contributed by atoms with E-state index in [2.05, 4.69) is 10.2 Å². The molecular weight excluding hydrogens is 340 g/mol. The van der Waals surface area contributed by atoms with Gasteiger partial charge in [-0.05, 0) is 32.8 Å². The minimum atomic E-state index is -0.386. The molecule has 1 amide bonds. The van der Waals surface area contributed by atoms with Crippen LogP contribution in [-0.4, -0.2) is 42.6 Å². The number of methoxy groups -OCH3 is 1. The van der Waals surface area contributed by atoms with E-state index in [0.717, 1.165) is 43.5 Å². The maximum atomic E-state index is 12.6. The van der Waals surface area contributed by atoms with Gasteiger partial charge in [0.25, 0.3) is 0 Å². The van der Waals surface area contributed by atoms with Gasteiger partial charge < -0.3 is 14.8 Å². The second-order valence-electron chi connectivity index (χ2n) is 7.18. The van der Waals surface area contributed by atoms with E-state index in [9.17, 15) is 4.79 Å². The summed E-state index contributed by atoms with van der Waals surface area (Å²) in [5, 5.41) is 3.66. The van der Waals surface area contributed by atoms with Crippen molar-refractivity contribution in [1.82, 2.24) is 10.2 Å². The molecule has 5 nitrogen and oxygen atoms in total. The van der Waals surface area contributed by atoms with Gasteiger partial charge in [-0.1, -0.05) is 24.4 Å². The third-order valence-electron chi connectivity index (χ3n) is 5.16. The lowest BCUT2D eigenvalue weighted by atomic mass is 9.91. The maximum absolute atomic E-state index is 12.6. The Morgan fingerprint density at radius 1 is 1.32 bits per heavy atom. The molecule has 0 bridgehead atoms. The fraction of sp³-hybridized carbons (Fsp3) is 0.632. The van der Waals surface area contributed by atoms with E-state index in [1.54, 1.807) is 13.2 Å². The van der Waals surface area contributed by atoms with Crippen molar-refractivity contribution in [1.29, 1.82) is 0 Å². The van der Waals surface area contributed by atoms with Crippen LogP contribution >= 0.6 is 11.6 Å². The molecule has 2 fully saturated rings. The fourth-order valence-corrected chi connectivity index (χ4v) is 4.26. The van der Waals surface area contributed by atoms with Gasteiger partial charge >= 0.3 is 0 Å². The van der Waals surface area contributed by atoms with Crippen LogP contribution in [0, 0.1) is 0 Å². The number of benzene rings is 1. The lowest BCUT2D eigenvalue weighted by Gasteiger charge is -2.44. The predicted octanol–water partition coefficient (Wildman–Crippen LogP) is 3.38. The SMILES string of the molecule is COc1cc(Cl)cc(CN2CCNC(=O)C23CCCC3)c1OC(C)C. The van der Waals surface area contributed by atoms with Crippen molar-refractivity contribution in [2.45, 2.75) is 57.7 Å². The summed E-state index contributed by atoms with van der Waals surface area (Å²) in [4.78, 5) is 14.9. The van der Waals surface area contributed by atoms with Crippen molar-refractivity contribution in [2.75, 3.05) is 20.2 Å². The van der Waals surface area contributed by atoms with E-state index >= 15 is 0 Å². The highest BCUT2D eigenvalue weighted by atomic mass is 35.5. The molecule has 0 aromatic heterocycles. The molecule has 3 rings (SSSR count). The second kappa shape index (κ2) is 7.42. The van der Waals surface area contributed by atoms with Crippen LogP contribution in [0.4, 0.5) is 0 Å². The Labute approximate surface area is 154 Å². The number of piperazine rings is 1. The molecule has 1 aliphatic heterocycles. The summed E-state index contributed by atoms with van der Waals surface area (Å²) in [6.45, 7) is 6.13. The Morgan fingerprint density at radius 2 is 2.04 bits per heavy atom. The highest BCUT2D eigenvalue weighted by Crippen LogP contribution is 2.41. The third kappa shape index (κ3) is 3.58. The van der Waals surface area contributed by atoms with Gasteiger partial charge in [0.05, 0.1) is 13.2 Å². The number of rotatable bonds is 5. The number of halogens is 1. The van der Waals surface area contributed by atoms with Crippen molar-refractivity contribution >= 4 is 17.5 Å². The van der Waals surface area contributed by atoms with Crippen LogP contribution in [0.5, 0.6) is 11.5 Å². The number of carbonyl (C=O) groups is 1. The Hall–Kier alpha value is -1.46. The van der Waals surface area contributed by atoms with Crippen LogP contribution < -0.4 is 14.8 Å². The predicted molar refractivity (Wildman–Crippen MR) is 98.4 cm³/mol. The molecule has 6 heteroatoms. The summed E-state index contributed by atoms with van der Waals surface area (Å²) >= 11 is 6.30. The van der Waals surface area contributed by atoms with E-state index < -0.39 is 0 Å². The molecule has 0 atom stereocenters. The summed E-state index contributed by atoms with van der Waals surface area (Å²) < 4.78 is 11.5. The van der Waals surface area contributed by atoms with Crippen LogP contribution in [0.1, 0.15) is 45.1 Å². The normalized spacial score (nSPS) is 20.1. The average molecular weight is 367 g/mol. The van der Waals surface area contributed by atoms with Crippen LogP contribution in [0.15, 0.2) is 12.1 Å². The van der Waals surface area contributed by atoms with Gasteiger partial charge in [0.1, 0.15) is 5.54 Å². The first kappa shape index (κ1) is 18.3. The number of hydrogen-bond donors (Lipinski definition) is 1. The number of amides is 1. The third-order valence-corrected chi connectivity index (χ3v) is 5.38. The van der Waals surface area contributed by atoms with Crippen molar-refractivity contribution in [3.8, 4) is 11.5 Å². The Morgan fingerprint density at radius 3 is 2.68 bits per heavy atom. The summed E-state index contributed by atoms with van der Waals surface area (Å²) in [7, 11) is 1.62. The zero-order valence-electron chi connectivity index (χ0n) is 15.2. The van der Waals surface area contributed by atoms with Crippen LogP contribution in [0.25, 0.3) is 0 Å². The van der Waals surface area contributed by atoms with Crippen molar-refractivity contribution in [2.24, 2.45) is 0 Å². The first-order valence-electron chi connectivity index (χ1n) is 9.02. The van der Waals surface area contributed by atoms with Gasteiger partial charge in [0, 0.05) is 36.3 Å². The van der Waals surface area contributed by atoms with Crippen molar-refractivity contribution in [3.63, 3.8) is 0 Å². The molecule has 2 aliphatic rings. The summed E-state index contributed by atoms with van der Waals surface area (Å²) in [5.74, 6) is 1.52.